The van der Waals surface area contributed by atoms with Crippen LogP contribution in [0.4, 0.5) is 15.9 Å². The Hall–Kier alpha value is -4.08. The van der Waals surface area contributed by atoms with E-state index in [0.29, 0.717) is 54.1 Å². The molecule has 0 aliphatic carbocycles. The number of carboxylic acid groups (broad SMARTS) is 1. The van der Waals surface area contributed by atoms with Crippen LogP contribution in [0.3, 0.4) is 0 Å². The van der Waals surface area contributed by atoms with Crippen molar-refractivity contribution >= 4 is 56.0 Å². The highest BCUT2D eigenvalue weighted by Crippen LogP contribution is 2.36. The molecule has 0 bridgehead atoms. The quantitative estimate of drug-likeness (QED) is 0.355. The van der Waals surface area contributed by atoms with E-state index >= 15 is 0 Å². The van der Waals surface area contributed by atoms with Gasteiger partial charge in [-0.2, -0.15) is 0 Å². The Bertz CT molecular complexity index is 1550. The highest BCUT2D eigenvalue weighted by Gasteiger charge is 2.37. The van der Waals surface area contributed by atoms with Crippen LogP contribution in [-0.4, -0.2) is 56.7 Å². The van der Waals surface area contributed by atoms with E-state index in [1.807, 2.05) is 29.3 Å². The average Bonchev–Trinajstić information content (AvgIpc) is 3.58. The molecule has 12 heteroatoms. The molecule has 194 valence electrons. The Balaban J connectivity index is 1.49. The lowest BCUT2D eigenvalue weighted by Gasteiger charge is -2.36. The van der Waals surface area contributed by atoms with E-state index in [1.165, 1.54) is 27.6 Å². The molecule has 0 radical (unpaired) electrons. The number of thiazole rings is 2. The summed E-state index contributed by atoms with van der Waals surface area (Å²) in [5, 5.41) is 12.6. The maximum atomic E-state index is 11.9. The lowest BCUT2D eigenvalue weighted by Crippen LogP contribution is -2.43. The summed E-state index contributed by atoms with van der Waals surface area (Å²) in [6.07, 6.45) is 6.29. The zero-order valence-electron chi connectivity index (χ0n) is 20.8. The van der Waals surface area contributed by atoms with Gasteiger partial charge in [0, 0.05) is 54.7 Å². The van der Waals surface area contributed by atoms with Crippen molar-refractivity contribution in [2.75, 3.05) is 29.4 Å². The third-order valence-electron chi connectivity index (χ3n) is 6.67. The van der Waals surface area contributed by atoms with E-state index in [9.17, 15) is 14.7 Å². The lowest BCUT2D eigenvalue weighted by molar-refractivity contribution is -0.149. The first kappa shape index (κ1) is 25.6. The molecule has 4 heterocycles. The second-order valence-corrected chi connectivity index (χ2v) is 11.0. The monoisotopic (exact) mass is 547 g/mol. The second kappa shape index (κ2) is 10.4. The molecular formula is C26H25N7O3S2. The smallest absolute Gasteiger partial charge is 0.321 e. The maximum Gasteiger partial charge on any atom is 0.321 e. The van der Waals surface area contributed by atoms with Gasteiger partial charge in [-0.1, -0.05) is 17.3 Å². The minimum absolute atomic E-state index is 0.402. The topological polar surface area (TPSA) is 138 Å². The van der Waals surface area contributed by atoms with Crippen LogP contribution in [0.2, 0.25) is 0 Å². The first-order chi connectivity index (χ1) is 18.3. The number of nitrogens with two attached hydrogens (primary N) is 1. The van der Waals surface area contributed by atoms with Crippen molar-refractivity contribution in [3.8, 4) is 23.0 Å². The van der Waals surface area contributed by atoms with Gasteiger partial charge in [0.2, 0.25) is 5.95 Å². The number of anilines is 2. The van der Waals surface area contributed by atoms with Gasteiger partial charge < -0.3 is 15.7 Å². The summed E-state index contributed by atoms with van der Waals surface area (Å²) in [5.74, 6) is 6.13. The number of rotatable bonds is 5. The number of carbonyl (C=O) groups is 2. The number of carbonyl (C=O) groups excluding carboxylic acids is 1. The van der Waals surface area contributed by atoms with Crippen molar-refractivity contribution in [2.24, 2.45) is 11.1 Å². The Morgan fingerprint density at radius 2 is 1.89 bits per heavy atom. The van der Waals surface area contributed by atoms with Gasteiger partial charge in [0.25, 0.3) is 0 Å². The Morgan fingerprint density at radius 3 is 2.50 bits per heavy atom. The van der Waals surface area contributed by atoms with Crippen LogP contribution >= 0.6 is 22.7 Å². The van der Waals surface area contributed by atoms with E-state index in [1.54, 1.807) is 25.5 Å². The molecule has 4 aromatic rings. The van der Waals surface area contributed by atoms with Gasteiger partial charge in [0.1, 0.15) is 0 Å². The molecule has 1 aliphatic rings. The van der Waals surface area contributed by atoms with Crippen LogP contribution in [0.1, 0.15) is 37.3 Å². The second-order valence-electron chi connectivity index (χ2n) is 9.16. The van der Waals surface area contributed by atoms with Gasteiger partial charge in [0.15, 0.2) is 10.1 Å². The van der Waals surface area contributed by atoms with Crippen LogP contribution in [0, 0.1) is 17.3 Å². The molecule has 1 aromatic carbocycles. The predicted octanol–water partition coefficient (Wildman–Crippen LogP) is 4.21. The molecule has 2 amide bonds. The number of aromatic nitrogens is 4. The van der Waals surface area contributed by atoms with Gasteiger partial charge in [-0.25, -0.2) is 24.7 Å². The zero-order chi connectivity index (χ0) is 26.9. The third kappa shape index (κ3) is 5.03. The molecule has 3 aromatic heterocycles. The summed E-state index contributed by atoms with van der Waals surface area (Å²) in [4.78, 5) is 45.0. The van der Waals surface area contributed by atoms with E-state index in [2.05, 4.69) is 31.8 Å². The highest BCUT2D eigenvalue weighted by atomic mass is 32.1. The Morgan fingerprint density at radius 1 is 1.16 bits per heavy atom. The molecule has 0 spiro atoms. The average molecular weight is 548 g/mol. The summed E-state index contributed by atoms with van der Waals surface area (Å²) in [6.45, 7) is 5.20. The number of aliphatic carboxylic acids is 1. The van der Waals surface area contributed by atoms with E-state index in [0.717, 1.165) is 21.4 Å². The molecule has 5 rings (SSSR count). The molecule has 3 N–H and O–H groups in total. The predicted molar refractivity (Wildman–Crippen MR) is 149 cm³/mol. The largest absolute Gasteiger partial charge is 0.481 e. The molecule has 0 atom stereocenters. The molecule has 0 saturated carbocycles. The Kier molecular flexibility index (Phi) is 6.96. The fraction of sp³-hybridized carbons (Fsp3) is 0.308. The van der Waals surface area contributed by atoms with Crippen LogP contribution in [0.5, 0.6) is 0 Å². The van der Waals surface area contributed by atoms with Crippen molar-refractivity contribution in [3.63, 3.8) is 0 Å². The van der Waals surface area contributed by atoms with Crippen LogP contribution in [0.15, 0.2) is 36.1 Å². The van der Waals surface area contributed by atoms with Crippen molar-refractivity contribution in [1.29, 1.82) is 0 Å². The number of nitrogens with zero attached hydrogens (tertiary/aromatic N) is 6. The molecule has 1 fully saturated rings. The number of primary amides is 1. The third-order valence-corrected chi connectivity index (χ3v) is 8.48. The number of carboxylic acids is 1. The van der Waals surface area contributed by atoms with Gasteiger partial charge in [-0.3, -0.25) is 9.69 Å². The SMILES string of the molecule is CCN(C(N)=O)c1nc2cc(-c3cnc(N4CCC(C)(C(=O)O)CC4)nc3)cc(C#Cc3nccs3)c2s1. The number of piperidine rings is 1. The molecule has 1 aliphatic heterocycles. The van der Waals surface area contributed by atoms with Gasteiger partial charge in [-0.15, -0.1) is 11.3 Å². The normalized spacial score (nSPS) is 14.6. The minimum Gasteiger partial charge on any atom is -0.481 e. The fourth-order valence-electron chi connectivity index (χ4n) is 4.24. The van der Waals surface area contributed by atoms with E-state index in [4.69, 9.17) is 5.73 Å². The highest BCUT2D eigenvalue weighted by molar-refractivity contribution is 7.22. The lowest BCUT2D eigenvalue weighted by atomic mass is 9.80. The number of fused-ring (bicyclic) bond motifs is 1. The number of hydrogen-bond donors (Lipinski definition) is 2. The summed E-state index contributed by atoms with van der Waals surface area (Å²) in [6, 6.07) is 3.33. The van der Waals surface area contributed by atoms with E-state index < -0.39 is 17.4 Å². The van der Waals surface area contributed by atoms with Crippen molar-refractivity contribution in [3.05, 3.63) is 46.7 Å². The molecular weight excluding hydrogens is 522 g/mol. The minimum atomic E-state index is -0.763. The first-order valence-electron chi connectivity index (χ1n) is 12.0. The van der Waals surface area contributed by atoms with Crippen LogP contribution < -0.4 is 15.5 Å². The van der Waals surface area contributed by atoms with Crippen molar-refractivity contribution < 1.29 is 14.7 Å². The van der Waals surface area contributed by atoms with Crippen LogP contribution in [-0.2, 0) is 4.79 Å². The van der Waals surface area contributed by atoms with Gasteiger partial charge in [0.05, 0.1) is 15.6 Å². The summed E-state index contributed by atoms with van der Waals surface area (Å²) in [7, 11) is 0. The molecule has 1 saturated heterocycles. The number of benzene rings is 1. The van der Waals surface area contributed by atoms with Gasteiger partial charge in [-0.05, 0) is 50.3 Å². The van der Waals surface area contributed by atoms with Gasteiger partial charge >= 0.3 is 12.0 Å². The molecule has 10 nitrogen and oxygen atoms in total. The number of amides is 2. The fourth-order valence-corrected chi connectivity index (χ4v) is 5.80. The number of hydrogen-bond acceptors (Lipinski definition) is 9. The van der Waals surface area contributed by atoms with E-state index in [-0.39, 0.29) is 0 Å². The molecule has 38 heavy (non-hydrogen) atoms. The summed E-state index contributed by atoms with van der Waals surface area (Å²) in [5.41, 5.74) is 7.92. The number of urea groups is 1. The van der Waals surface area contributed by atoms with Crippen LogP contribution in [0.25, 0.3) is 21.3 Å². The van der Waals surface area contributed by atoms with Crippen molar-refractivity contribution in [1.82, 2.24) is 19.9 Å². The molecule has 0 unspecified atom stereocenters. The first-order valence-corrected chi connectivity index (χ1v) is 13.7. The Labute approximate surface area is 227 Å². The zero-order valence-corrected chi connectivity index (χ0v) is 22.5. The summed E-state index contributed by atoms with van der Waals surface area (Å²) < 4.78 is 0.847. The summed E-state index contributed by atoms with van der Waals surface area (Å²) >= 11 is 2.82. The van der Waals surface area contributed by atoms with Crippen molar-refractivity contribution in [2.45, 2.75) is 26.7 Å². The standard InChI is InChI=1S/C26H25N7O3S2/c1-3-33(23(27)36)25-31-19-13-17(12-16(21(19)38-25)4-5-20-28-8-11-37-20)18-14-29-24(30-15-18)32-9-6-26(2,7-10-32)22(34)35/h8,11-15H,3,6-7,9-10H2,1-2H3,(H2,27,36)(H,34,35). The maximum absolute atomic E-state index is 11.9.